The zero-order valence-corrected chi connectivity index (χ0v) is 12.3. The Morgan fingerprint density at radius 3 is 2.52 bits per heavy atom. The molecule has 1 aromatic heterocycles. The predicted molar refractivity (Wildman–Crippen MR) is 84.2 cm³/mol. The van der Waals surface area contributed by atoms with Crippen molar-refractivity contribution in [1.29, 1.82) is 0 Å². The van der Waals surface area contributed by atoms with Gasteiger partial charge < -0.3 is 5.32 Å². The lowest BCUT2D eigenvalue weighted by Crippen LogP contribution is -2.55. The number of benzene rings is 1. The predicted octanol–water partition coefficient (Wildman–Crippen LogP) is 3.30. The molecule has 4 heteroatoms. The van der Waals surface area contributed by atoms with Gasteiger partial charge in [0.05, 0.1) is 0 Å². The molecule has 1 aliphatic rings. The van der Waals surface area contributed by atoms with Gasteiger partial charge in [-0.2, -0.15) is 0 Å². The summed E-state index contributed by atoms with van der Waals surface area (Å²) >= 11 is 0. The molecule has 21 heavy (non-hydrogen) atoms. The van der Waals surface area contributed by atoms with Crippen molar-refractivity contribution >= 4 is 11.8 Å². The number of hydrogen-bond acceptors (Lipinski definition) is 2. The molecule has 0 bridgehead atoms. The highest BCUT2D eigenvalue weighted by molar-refractivity contribution is 5.92. The number of urea groups is 1. The second kappa shape index (κ2) is 5.20. The van der Waals surface area contributed by atoms with E-state index in [0.717, 1.165) is 11.1 Å². The van der Waals surface area contributed by atoms with Crippen molar-refractivity contribution in [3.05, 3.63) is 48.7 Å². The van der Waals surface area contributed by atoms with E-state index in [1.165, 1.54) is 0 Å². The highest BCUT2D eigenvalue weighted by Gasteiger charge is 2.32. The smallest absolute Gasteiger partial charge is 0.323 e. The quantitative estimate of drug-likeness (QED) is 0.918. The molecule has 0 aliphatic carbocycles. The van der Waals surface area contributed by atoms with Crippen molar-refractivity contribution in [3.8, 4) is 11.1 Å². The minimum Gasteiger partial charge on any atom is -0.337 e. The van der Waals surface area contributed by atoms with Gasteiger partial charge in [-0.25, -0.2) is 9.78 Å². The number of pyridine rings is 1. The molecule has 1 fully saturated rings. The van der Waals surface area contributed by atoms with Gasteiger partial charge in [-0.15, -0.1) is 0 Å². The van der Waals surface area contributed by atoms with Crippen LogP contribution in [0.1, 0.15) is 13.8 Å². The normalized spacial score (nSPS) is 17.4. The first kappa shape index (κ1) is 13.6. The number of anilines is 1. The Balaban J connectivity index is 1.85. The monoisotopic (exact) mass is 281 g/mol. The molecular weight excluding hydrogens is 262 g/mol. The number of nitrogens with one attached hydrogen (secondary N) is 1. The topological polar surface area (TPSA) is 45.2 Å². The van der Waals surface area contributed by atoms with E-state index < -0.39 is 0 Å². The van der Waals surface area contributed by atoms with Gasteiger partial charge in [0.15, 0.2) is 0 Å². The van der Waals surface area contributed by atoms with Crippen LogP contribution in [0.3, 0.4) is 0 Å². The third-order valence-corrected chi connectivity index (χ3v) is 3.68. The Hall–Kier alpha value is -2.36. The van der Waals surface area contributed by atoms with Crippen molar-refractivity contribution in [2.24, 2.45) is 5.41 Å². The van der Waals surface area contributed by atoms with Gasteiger partial charge in [-0.1, -0.05) is 44.2 Å². The van der Waals surface area contributed by atoms with Crippen LogP contribution < -0.4 is 10.2 Å². The van der Waals surface area contributed by atoms with E-state index in [1.54, 1.807) is 4.90 Å². The first-order valence-electron chi connectivity index (χ1n) is 7.12. The van der Waals surface area contributed by atoms with Crippen LogP contribution in [0.15, 0.2) is 48.7 Å². The molecule has 1 N–H and O–H groups in total. The van der Waals surface area contributed by atoms with Crippen LogP contribution in [0.25, 0.3) is 11.1 Å². The summed E-state index contributed by atoms with van der Waals surface area (Å²) in [5.41, 5.74) is 2.23. The third kappa shape index (κ3) is 2.89. The molecule has 0 saturated carbocycles. The fraction of sp³-hybridized carbons (Fsp3) is 0.294. The Labute approximate surface area is 124 Å². The SMILES string of the molecule is CC1(C)CNC(=O)N(c2ccc(-c3ccccc3)cn2)C1. The van der Waals surface area contributed by atoms with Crippen LogP contribution in [0.4, 0.5) is 10.6 Å². The maximum atomic E-state index is 12.0. The summed E-state index contributed by atoms with van der Waals surface area (Å²) in [5.74, 6) is 0.694. The van der Waals surface area contributed by atoms with Crippen molar-refractivity contribution in [2.45, 2.75) is 13.8 Å². The highest BCUT2D eigenvalue weighted by atomic mass is 16.2. The highest BCUT2D eigenvalue weighted by Crippen LogP contribution is 2.26. The molecule has 2 heterocycles. The Morgan fingerprint density at radius 2 is 1.86 bits per heavy atom. The third-order valence-electron chi connectivity index (χ3n) is 3.68. The van der Waals surface area contributed by atoms with Crippen molar-refractivity contribution < 1.29 is 4.79 Å². The molecule has 2 amide bonds. The standard InChI is InChI=1S/C17H19N3O/c1-17(2)11-19-16(21)20(12-17)15-9-8-14(10-18-15)13-6-4-3-5-7-13/h3-10H,11-12H2,1-2H3,(H,19,21). The number of nitrogens with zero attached hydrogens (tertiary/aromatic N) is 2. The summed E-state index contributed by atoms with van der Waals surface area (Å²) in [4.78, 5) is 18.2. The van der Waals surface area contributed by atoms with Crippen LogP contribution in [0.5, 0.6) is 0 Å². The molecule has 1 saturated heterocycles. The summed E-state index contributed by atoms with van der Waals surface area (Å²) in [6, 6.07) is 13.9. The lowest BCUT2D eigenvalue weighted by Gasteiger charge is -2.37. The summed E-state index contributed by atoms with van der Waals surface area (Å²) < 4.78 is 0. The van der Waals surface area contributed by atoms with Gasteiger partial charge >= 0.3 is 6.03 Å². The van der Waals surface area contributed by atoms with E-state index in [4.69, 9.17) is 0 Å². The second-order valence-electron chi connectivity index (χ2n) is 6.18. The summed E-state index contributed by atoms with van der Waals surface area (Å²) in [6.07, 6.45) is 1.82. The second-order valence-corrected chi connectivity index (χ2v) is 6.18. The molecular formula is C17H19N3O. The Bertz CT molecular complexity index is 635. The van der Waals surface area contributed by atoms with E-state index in [9.17, 15) is 4.79 Å². The number of rotatable bonds is 2. The largest absolute Gasteiger partial charge is 0.337 e. The van der Waals surface area contributed by atoms with Crippen LogP contribution >= 0.6 is 0 Å². The van der Waals surface area contributed by atoms with Crippen LogP contribution in [-0.4, -0.2) is 24.1 Å². The minimum atomic E-state index is -0.0747. The van der Waals surface area contributed by atoms with Gasteiger partial charge in [-0.05, 0) is 17.7 Å². The summed E-state index contributed by atoms with van der Waals surface area (Å²) in [5, 5.41) is 2.91. The molecule has 0 spiro atoms. The maximum Gasteiger partial charge on any atom is 0.323 e. The molecule has 0 radical (unpaired) electrons. The molecule has 108 valence electrons. The van der Waals surface area contributed by atoms with E-state index in [-0.39, 0.29) is 11.4 Å². The maximum absolute atomic E-state index is 12.0. The van der Waals surface area contributed by atoms with Gasteiger partial charge in [0.25, 0.3) is 0 Å². The number of aromatic nitrogens is 1. The van der Waals surface area contributed by atoms with E-state index in [2.05, 4.69) is 24.1 Å². The number of hydrogen-bond donors (Lipinski definition) is 1. The minimum absolute atomic E-state index is 0.0493. The Morgan fingerprint density at radius 1 is 1.10 bits per heavy atom. The first-order valence-corrected chi connectivity index (χ1v) is 7.12. The first-order chi connectivity index (χ1) is 10.1. The summed E-state index contributed by atoms with van der Waals surface area (Å²) in [6.45, 7) is 5.65. The zero-order chi connectivity index (χ0) is 14.9. The van der Waals surface area contributed by atoms with E-state index in [1.807, 2.05) is 48.7 Å². The average Bonchev–Trinajstić information content (AvgIpc) is 2.51. The summed E-state index contributed by atoms with van der Waals surface area (Å²) in [7, 11) is 0. The lowest BCUT2D eigenvalue weighted by atomic mass is 9.91. The van der Waals surface area contributed by atoms with E-state index >= 15 is 0 Å². The van der Waals surface area contributed by atoms with E-state index in [0.29, 0.717) is 18.9 Å². The van der Waals surface area contributed by atoms with Gasteiger partial charge in [-0.3, -0.25) is 4.90 Å². The fourth-order valence-electron chi connectivity index (χ4n) is 2.50. The fourth-order valence-corrected chi connectivity index (χ4v) is 2.50. The molecule has 2 aromatic rings. The average molecular weight is 281 g/mol. The van der Waals surface area contributed by atoms with Gasteiger partial charge in [0.1, 0.15) is 5.82 Å². The molecule has 3 rings (SSSR count). The molecule has 1 aliphatic heterocycles. The Kier molecular flexibility index (Phi) is 3.37. The molecule has 4 nitrogen and oxygen atoms in total. The van der Waals surface area contributed by atoms with Gasteiger partial charge in [0.2, 0.25) is 0 Å². The lowest BCUT2D eigenvalue weighted by molar-refractivity contribution is 0.223. The zero-order valence-electron chi connectivity index (χ0n) is 12.3. The molecule has 1 aromatic carbocycles. The van der Waals surface area contributed by atoms with Crippen molar-refractivity contribution in [2.75, 3.05) is 18.0 Å². The van der Waals surface area contributed by atoms with Crippen molar-refractivity contribution in [3.63, 3.8) is 0 Å². The number of carbonyl (C=O) groups excluding carboxylic acids is 1. The van der Waals surface area contributed by atoms with Crippen LogP contribution in [-0.2, 0) is 0 Å². The van der Waals surface area contributed by atoms with Gasteiger partial charge in [0, 0.05) is 30.3 Å². The van der Waals surface area contributed by atoms with Crippen molar-refractivity contribution in [1.82, 2.24) is 10.3 Å². The number of amides is 2. The van der Waals surface area contributed by atoms with Crippen LogP contribution in [0.2, 0.25) is 0 Å². The number of carbonyl (C=O) groups is 1. The molecule has 0 unspecified atom stereocenters. The van der Waals surface area contributed by atoms with Crippen LogP contribution in [0, 0.1) is 5.41 Å². The molecule has 0 atom stereocenters.